The molecule has 0 aliphatic carbocycles. The molecule has 1 amide bonds. The number of alkyl halides is 3. The minimum Gasteiger partial charge on any atom is -0.488 e. The molecule has 0 unspecified atom stereocenters. The fourth-order valence-electron chi connectivity index (χ4n) is 2.94. The number of aromatic nitrogens is 1. The third kappa shape index (κ3) is 5.15. The summed E-state index contributed by atoms with van der Waals surface area (Å²) >= 11 is 1.28. The minimum absolute atomic E-state index is 0.169. The molecule has 1 heterocycles. The summed E-state index contributed by atoms with van der Waals surface area (Å²) in [6, 6.07) is 21.4. The molecule has 1 N–H and O–H groups in total. The number of carbonyl (C=O) groups excluding carboxylic acids is 1. The molecule has 4 rings (SSSR count). The normalized spacial score (nSPS) is 11.2. The Hall–Kier alpha value is -3.65. The van der Waals surface area contributed by atoms with Crippen molar-refractivity contribution in [2.45, 2.75) is 12.8 Å². The van der Waals surface area contributed by atoms with Crippen LogP contribution in [0.1, 0.15) is 21.6 Å². The summed E-state index contributed by atoms with van der Waals surface area (Å²) in [5.74, 6) is 0.135. The van der Waals surface area contributed by atoms with Gasteiger partial charge in [0.2, 0.25) is 0 Å². The molecule has 0 saturated carbocycles. The fraction of sp³-hybridized carbons (Fsp3) is 0.0833. The van der Waals surface area contributed by atoms with Crippen LogP contribution in [0.5, 0.6) is 5.75 Å². The molecule has 162 valence electrons. The summed E-state index contributed by atoms with van der Waals surface area (Å²) in [7, 11) is 0. The van der Waals surface area contributed by atoms with Crippen LogP contribution < -0.4 is 10.1 Å². The lowest BCUT2D eigenvalue weighted by Crippen LogP contribution is -2.12. The maximum absolute atomic E-state index is 12.7. The lowest BCUT2D eigenvalue weighted by Gasteiger charge is -2.10. The number of hydrogen-bond donors (Lipinski definition) is 1. The van der Waals surface area contributed by atoms with Gasteiger partial charge in [-0.05, 0) is 42.0 Å². The highest BCUT2D eigenvalue weighted by atomic mass is 32.1. The van der Waals surface area contributed by atoms with Crippen LogP contribution in [-0.4, -0.2) is 10.9 Å². The number of nitrogens with zero attached hydrogens (tertiary/aromatic N) is 1. The van der Waals surface area contributed by atoms with Gasteiger partial charge in [-0.25, -0.2) is 4.98 Å². The van der Waals surface area contributed by atoms with Crippen molar-refractivity contribution in [2.24, 2.45) is 0 Å². The number of para-hydroxylation sites is 1. The number of amides is 1. The number of nitrogens with one attached hydrogen (secondary N) is 1. The van der Waals surface area contributed by atoms with Crippen molar-refractivity contribution >= 4 is 22.9 Å². The molecule has 0 radical (unpaired) electrons. The van der Waals surface area contributed by atoms with Gasteiger partial charge in [-0.1, -0.05) is 42.5 Å². The average molecular weight is 454 g/mol. The molecule has 0 spiro atoms. The van der Waals surface area contributed by atoms with E-state index in [1.807, 2.05) is 54.6 Å². The van der Waals surface area contributed by atoms with Gasteiger partial charge in [0, 0.05) is 11.1 Å². The van der Waals surface area contributed by atoms with Gasteiger partial charge >= 0.3 is 6.18 Å². The Bertz CT molecular complexity index is 1210. The monoisotopic (exact) mass is 454 g/mol. The van der Waals surface area contributed by atoms with Crippen LogP contribution in [0.4, 0.5) is 18.9 Å². The first-order valence-electron chi connectivity index (χ1n) is 9.60. The lowest BCUT2D eigenvalue weighted by atomic mass is 10.2. The fourth-order valence-corrected chi connectivity index (χ4v) is 3.77. The standard InChI is InChI=1S/C24H17F3N2O2S/c25-24(26,27)17-10-12-18(13-11-17)28-22(30)20-15-32-23(29-20)19-8-4-5-9-21(19)31-14-16-6-2-1-3-7-16/h1-13,15H,14H2,(H,28,30). The van der Waals surface area contributed by atoms with Crippen LogP contribution in [0.2, 0.25) is 0 Å². The first kappa shape index (κ1) is 21.6. The van der Waals surface area contributed by atoms with Crippen LogP contribution in [0.3, 0.4) is 0 Å². The Balaban J connectivity index is 1.47. The zero-order valence-corrected chi connectivity index (χ0v) is 17.4. The lowest BCUT2D eigenvalue weighted by molar-refractivity contribution is -0.137. The summed E-state index contributed by atoms with van der Waals surface area (Å²) in [5.41, 5.74) is 1.42. The Kier molecular flexibility index (Phi) is 6.23. The Labute approximate surface area is 186 Å². The van der Waals surface area contributed by atoms with E-state index in [9.17, 15) is 18.0 Å². The van der Waals surface area contributed by atoms with Crippen molar-refractivity contribution in [1.82, 2.24) is 4.98 Å². The van der Waals surface area contributed by atoms with E-state index >= 15 is 0 Å². The van der Waals surface area contributed by atoms with E-state index in [2.05, 4.69) is 10.3 Å². The molecule has 0 fully saturated rings. The molecule has 4 nitrogen and oxygen atoms in total. The molecule has 4 aromatic rings. The van der Waals surface area contributed by atoms with Gasteiger partial charge < -0.3 is 10.1 Å². The Morgan fingerprint density at radius 1 is 0.938 bits per heavy atom. The van der Waals surface area contributed by atoms with E-state index in [4.69, 9.17) is 4.74 Å². The van der Waals surface area contributed by atoms with E-state index in [1.54, 1.807) is 5.38 Å². The highest BCUT2D eigenvalue weighted by molar-refractivity contribution is 7.13. The molecular weight excluding hydrogens is 437 g/mol. The van der Waals surface area contributed by atoms with Gasteiger partial charge in [0.05, 0.1) is 11.1 Å². The first-order chi connectivity index (χ1) is 15.4. The van der Waals surface area contributed by atoms with Gasteiger partial charge in [-0.3, -0.25) is 4.79 Å². The molecule has 32 heavy (non-hydrogen) atoms. The average Bonchev–Trinajstić information content (AvgIpc) is 3.29. The second kappa shape index (κ2) is 9.23. The quantitative estimate of drug-likeness (QED) is 0.354. The third-order valence-corrected chi connectivity index (χ3v) is 5.44. The van der Waals surface area contributed by atoms with Gasteiger partial charge in [0.1, 0.15) is 23.1 Å². The summed E-state index contributed by atoms with van der Waals surface area (Å²) in [4.78, 5) is 16.9. The van der Waals surface area contributed by atoms with Crippen molar-refractivity contribution in [2.75, 3.05) is 5.32 Å². The van der Waals surface area contributed by atoms with E-state index in [-0.39, 0.29) is 11.4 Å². The van der Waals surface area contributed by atoms with Crippen LogP contribution in [0.25, 0.3) is 10.6 Å². The number of halogens is 3. The second-order valence-corrected chi connectivity index (χ2v) is 7.70. The second-order valence-electron chi connectivity index (χ2n) is 6.84. The van der Waals surface area contributed by atoms with Gasteiger partial charge in [0.15, 0.2) is 0 Å². The number of ether oxygens (including phenoxy) is 1. The number of rotatable bonds is 6. The van der Waals surface area contributed by atoms with Crippen LogP contribution in [0, 0.1) is 0 Å². The number of anilines is 1. The molecule has 0 atom stereocenters. The van der Waals surface area contributed by atoms with E-state index in [1.165, 1.54) is 23.5 Å². The molecule has 0 saturated heterocycles. The predicted octanol–water partition coefficient (Wildman–Crippen LogP) is 6.66. The van der Waals surface area contributed by atoms with Crippen molar-refractivity contribution in [3.05, 3.63) is 101 Å². The first-order valence-corrected chi connectivity index (χ1v) is 10.5. The molecule has 3 aromatic carbocycles. The molecular formula is C24H17F3N2O2S. The maximum Gasteiger partial charge on any atom is 0.416 e. The van der Waals surface area contributed by atoms with Gasteiger partial charge in [0.25, 0.3) is 5.91 Å². The number of thiazole rings is 1. The molecule has 1 aromatic heterocycles. The summed E-state index contributed by atoms with van der Waals surface area (Å²) in [6.45, 7) is 0.393. The zero-order valence-electron chi connectivity index (χ0n) is 16.6. The van der Waals surface area contributed by atoms with E-state index < -0.39 is 17.6 Å². The zero-order chi connectivity index (χ0) is 22.6. The largest absolute Gasteiger partial charge is 0.488 e. The van der Waals surface area contributed by atoms with E-state index in [0.29, 0.717) is 17.4 Å². The highest BCUT2D eigenvalue weighted by Gasteiger charge is 2.30. The molecule has 0 bridgehead atoms. The van der Waals surface area contributed by atoms with E-state index in [0.717, 1.165) is 23.3 Å². The van der Waals surface area contributed by atoms with Crippen LogP contribution >= 0.6 is 11.3 Å². The summed E-state index contributed by atoms with van der Waals surface area (Å²) in [6.07, 6.45) is -4.43. The molecule has 8 heteroatoms. The minimum atomic E-state index is -4.43. The van der Waals surface area contributed by atoms with Gasteiger partial charge in [-0.2, -0.15) is 13.2 Å². The molecule has 0 aliphatic heterocycles. The Morgan fingerprint density at radius 2 is 1.62 bits per heavy atom. The smallest absolute Gasteiger partial charge is 0.416 e. The maximum atomic E-state index is 12.7. The summed E-state index contributed by atoms with van der Waals surface area (Å²) in [5, 5.41) is 4.77. The van der Waals surface area contributed by atoms with Crippen molar-refractivity contribution in [1.29, 1.82) is 0 Å². The molecule has 0 aliphatic rings. The van der Waals surface area contributed by atoms with Crippen molar-refractivity contribution in [3.8, 4) is 16.3 Å². The topological polar surface area (TPSA) is 51.2 Å². The SMILES string of the molecule is O=C(Nc1ccc(C(F)(F)F)cc1)c1csc(-c2ccccc2OCc2ccccc2)n1. The van der Waals surface area contributed by atoms with Crippen LogP contribution in [0.15, 0.2) is 84.2 Å². The van der Waals surface area contributed by atoms with Crippen LogP contribution in [-0.2, 0) is 12.8 Å². The number of hydrogen-bond acceptors (Lipinski definition) is 4. The highest BCUT2D eigenvalue weighted by Crippen LogP contribution is 2.33. The summed E-state index contributed by atoms with van der Waals surface area (Å²) < 4.78 is 44.0. The predicted molar refractivity (Wildman–Crippen MR) is 118 cm³/mol. The van der Waals surface area contributed by atoms with Crippen molar-refractivity contribution < 1.29 is 22.7 Å². The number of benzene rings is 3. The Morgan fingerprint density at radius 3 is 2.34 bits per heavy atom. The van der Waals surface area contributed by atoms with Gasteiger partial charge in [-0.15, -0.1) is 11.3 Å². The third-order valence-electron chi connectivity index (χ3n) is 4.56. The number of carbonyl (C=O) groups is 1. The van der Waals surface area contributed by atoms with Crippen molar-refractivity contribution in [3.63, 3.8) is 0 Å².